The average Bonchev–Trinajstić information content (AvgIpc) is 3.02. The fourth-order valence-electron chi connectivity index (χ4n) is 2.00. The van der Waals surface area contributed by atoms with E-state index in [1.165, 1.54) is 12.1 Å². The summed E-state index contributed by atoms with van der Waals surface area (Å²) in [7, 11) is 0. The van der Waals surface area contributed by atoms with Gasteiger partial charge in [-0.3, -0.25) is 10.1 Å². The molecule has 0 aliphatic rings. The SMILES string of the molecule is CCC(NCC(O)c1ccc([N+](=O)[O-])cc1)c1nccs1. The van der Waals surface area contributed by atoms with Gasteiger partial charge in [0.05, 0.1) is 17.1 Å². The first-order valence-electron chi connectivity index (χ1n) is 6.67. The molecule has 2 rings (SSSR count). The standard InChI is InChI=1S/C14H17N3O3S/c1-2-12(14-15-7-8-21-14)16-9-13(18)10-3-5-11(6-4-10)17(19)20/h3-8,12-13,16,18H,2,9H2,1H3. The molecule has 1 aromatic carbocycles. The van der Waals surface area contributed by atoms with Gasteiger partial charge in [0.15, 0.2) is 0 Å². The number of rotatable bonds is 7. The summed E-state index contributed by atoms with van der Waals surface area (Å²) in [6.07, 6.45) is 1.93. The number of hydrogen-bond acceptors (Lipinski definition) is 6. The minimum atomic E-state index is -0.709. The molecular weight excluding hydrogens is 290 g/mol. The van der Waals surface area contributed by atoms with E-state index in [-0.39, 0.29) is 11.7 Å². The smallest absolute Gasteiger partial charge is 0.269 e. The van der Waals surface area contributed by atoms with Crippen LogP contribution in [0.2, 0.25) is 0 Å². The van der Waals surface area contributed by atoms with Crippen molar-refractivity contribution >= 4 is 17.0 Å². The van der Waals surface area contributed by atoms with Crippen LogP contribution in [0.15, 0.2) is 35.8 Å². The number of aromatic nitrogens is 1. The van der Waals surface area contributed by atoms with Crippen molar-refractivity contribution in [1.29, 1.82) is 0 Å². The summed E-state index contributed by atoms with van der Waals surface area (Å²) >= 11 is 1.58. The van der Waals surface area contributed by atoms with E-state index in [0.29, 0.717) is 12.1 Å². The highest BCUT2D eigenvalue weighted by Gasteiger charge is 2.15. The van der Waals surface area contributed by atoms with E-state index in [9.17, 15) is 15.2 Å². The highest BCUT2D eigenvalue weighted by molar-refractivity contribution is 7.09. The third-order valence-corrected chi connectivity index (χ3v) is 4.09. The molecule has 0 amide bonds. The third-order valence-electron chi connectivity index (χ3n) is 3.20. The third kappa shape index (κ3) is 4.07. The second-order valence-electron chi connectivity index (χ2n) is 4.60. The molecule has 0 spiro atoms. The van der Waals surface area contributed by atoms with E-state index in [2.05, 4.69) is 17.2 Å². The first-order chi connectivity index (χ1) is 10.1. The van der Waals surface area contributed by atoms with Gasteiger partial charge in [0.25, 0.3) is 5.69 Å². The van der Waals surface area contributed by atoms with E-state index < -0.39 is 11.0 Å². The van der Waals surface area contributed by atoms with E-state index in [4.69, 9.17) is 0 Å². The molecule has 2 atom stereocenters. The number of nitro groups is 1. The van der Waals surface area contributed by atoms with Gasteiger partial charge in [-0.05, 0) is 24.1 Å². The molecule has 112 valence electrons. The first-order valence-corrected chi connectivity index (χ1v) is 7.55. The number of nitro benzene ring substituents is 1. The molecule has 0 aliphatic carbocycles. The van der Waals surface area contributed by atoms with Crippen molar-refractivity contribution in [2.75, 3.05) is 6.54 Å². The Bertz CT molecular complexity index is 572. The lowest BCUT2D eigenvalue weighted by atomic mass is 10.1. The van der Waals surface area contributed by atoms with Crippen LogP contribution in [-0.4, -0.2) is 21.6 Å². The number of thiazole rings is 1. The lowest BCUT2D eigenvalue weighted by Gasteiger charge is -2.17. The van der Waals surface area contributed by atoms with Gasteiger partial charge in [-0.1, -0.05) is 6.92 Å². The number of aliphatic hydroxyl groups is 1. The number of aliphatic hydroxyl groups excluding tert-OH is 1. The molecule has 21 heavy (non-hydrogen) atoms. The quantitative estimate of drug-likeness (QED) is 0.606. The predicted molar refractivity (Wildman–Crippen MR) is 81.2 cm³/mol. The summed E-state index contributed by atoms with van der Waals surface area (Å²) in [6, 6.07) is 6.06. The second-order valence-corrected chi connectivity index (χ2v) is 5.53. The van der Waals surface area contributed by atoms with Crippen LogP contribution in [0.25, 0.3) is 0 Å². The van der Waals surface area contributed by atoms with Gasteiger partial charge >= 0.3 is 0 Å². The molecule has 1 heterocycles. The predicted octanol–water partition coefficient (Wildman–Crippen LogP) is 2.83. The Balaban J connectivity index is 1.94. The largest absolute Gasteiger partial charge is 0.387 e. The molecule has 2 unspecified atom stereocenters. The zero-order chi connectivity index (χ0) is 15.2. The molecule has 0 saturated carbocycles. The van der Waals surface area contributed by atoms with Crippen molar-refractivity contribution in [3.63, 3.8) is 0 Å². The van der Waals surface area contributed by atoms with Crippen LogP contribution in [-0.2, 0) is 0 Å². The molecule has 1 aromatic heterocycles. The molecule has 0 bridgehead atoms. The second kappa shape index (κ2) is 7.26. The summed E-state index contributed by atoms with van der Waals surface area (Å²) in [5.74, 6) is 0. The molecule has 0 aliphatic heterocycles. The van der Waals surface area contributed by atoms with Crippen LogP contribution in [0.1, 0.15) is 36.1 Å². The van der Waals surface area contributed by atoms with Crippen LogP contribution >= 0.6 is 11.3 Å². The van der Waals surface area contributed by atoms with Crippen molar-refractivity contribution in [2.45, 2.75) is 25.5 Å². The molecule has 7 heteroatoms. The first kappa shape index (κ1) is 15.6. The van der Waals surface area contributed by atoms with Crippen LogP contribution in [0, 0.1) is 10.1 Å². The van der Waals surface area contributed by atoms with Crippen molar-refractivity contribution in [3.8, 4) is 0 Å². The van der Waals surface area contributed by atoms with Gasteiger partial charge in [-0.2, -0.15) is 0 Å². The Morgan fingerprint density at radius 1 is 1.43 bits per heavy atom. The Kier molecular flexibility index (Phi) is 5.38. The van der Waals surface area contributed by atoms with E-state index in [1.54, 1.807) is 29.7 Å². The van der Waals surface area contributed by atoms with Crippen molar-refractivity contribution in [2.24, 2.45) is 0 Å². The highest BCUT2D eigenvalue weighted by Crippen LogP contribution is 2.21. The zero-order valence-corrected chi connectivity index (χ0v) is 12.4. The fourth-order valence-corrected chi connectivity index (χ4v) is 2.80. The maximum absolute atomic E-state index is 10.6. The van der Waals surface area contributed by atoms with Crippen molar-refractivity contribution < 1.29 is 10.0 Å². The Labute approximate surface area is 126 Å². The summed E-state index contributed by atoms with van der Waals surface area (Å²) in [5, 5.41) is 26.9. The lowest BCUT2D eigenvalue weighted by Crippen LogP contribution is -2.26. The van der Waals surface area contributed by atoms with Crippen LogP contribution in [0.4, 0.5) is 5.69 Å². The molecule has 2 N–H and O–H groups in total. The van der Waals surface area contributed by atoms with Gasteiger partial charge in [0.1, 0.15) is 5.01 Å². The van der Waals surface area contributed by atoms with Gasteiger partial charge in [-0.15, -0.1) is 11.3 Å². The maximum Gasteiger partial charge on any atom is 0.269 e. The molecule has 0 fully saturated rings. The lowest BCUT2D eigenvalue weighted by molar-refractivity contribution is -0.384. The molecule has 6 nitrogen and oxygen atoms in total. The van der Waals surface area contributed by atoms with Crippen LogP contribution < -0.4 is 5.32 Å². The Hall–Kier alpha value is -1.83. The van der Waals surface area contributed by atoms with Crippen molar-refractivity contribution in [3.05, 3.63) is 56.5 Å². The number of benzene rings is 1. The van der Waals surface area contributed by atoms with Crippen LogP contribution in [0.3, 0.4) is 0 Å². The summed E-state index contributed by atoms with van der Waals surface area (Å²) in [6.45, 7) is 2.42. The number of non-ortho nitro benzene ring substituents is 1. The highest BCUT2D eigenvalue weighted by atomic mass is 32.1. The molecule has 0 radical (unpaired) electrons. The maximum atomic E-state index is 10.6. The number of nitrogens with one attached hydrogen (secondary N) is 1. The summed E-state index contributed by atoms with van der Waals surface area (Å²) < 4.78 is 0. The summed E-state index contributed by atoms with van der Waals surface area (Å²) in [5.41, 5.74) is 0.676. The topological polar surface area (TPSA) is 88.3 Å². The van der Waals surface area contributed by atoms with Gasteiger partial charge < -0.3 is 10.4 Å². The normalized spacial score (nSPS) is 13.8. The Morgan fingerprint density at radius 2 is 2.14 bits per heavy atom. The monoisotopic (exact) mass is 307 g/mol. The number of hydrogen-bond donors (Lipinski definition) is 2. The average molecular weight is 307 g/mol. The van der Waals surface area contributed by atoms with Gasteiger partial charge in [0, 0.05) is 30.3 Å². The fraction of sp³-hybridized carbons (Fsp3) is 0.357. The number of nitrogens with zero attached hydrogens (tertiary/aromatic N) is 2. The van der Waals surface area contributed by atoms with E-state index >= 15 is 0 Å². The summed E-state index contributed by atoms with van der Waals surface area (Å²) in [4.78, 5) is 14.4. The molecule has 2 aromatic rings. The minimum Gasteiger partial charge on any atom is -0.387 e. The molecular formula is C14H17N3O3S. The zero-order valence-electron chi connectivity index (χ0n) is 11.6. The Morgan fingerprint density at radius 3 is 2.67 bits per heavy atom. The van der Waals surface area contributed by atoms with Gasteiger partial charge in [0.2, 0.25) is 0 Å². The van der Waals surface area contributed by atoms with Gasteiger partial charge in [-0.25, -0.2) is 4.98 Å². The van der Waals surface area contributed by atoms with E-state index in [0.717, 1.165) is 11.4 Å². The van der Waals surface area contributed by atoms with Crippen molar-refractivity contribution in [1.82, 2.24) is 10.3 Å². The molecule has 0 saturated heterocycles. The van der Waals surface area contributed by atoms with Crippen LogP contribution in [0.5, 0.6) is 0 Å². The minimum absolute atomic E-state index is 0.0214. The van der Waals surface area contributed by atoms with E-state index in [1.807, 2.05) is 5.38 Å².